The third-order valence-corrected chi connectivity index (χ3v) is 5.29. The minimum atomic E-state index is -0.512. The maximum absolute atomic E-state index is 12.8. The van der Waals surface area contributed by atoms with Crippen LogP contribution in [-0.2, 0) is 22.7 Å². The van der Waals surface area contributed by atoms with E-state index in [4.69, 9.17) is 9.47 Å². The lowest BCUT2D eigenvalue weighted by molar-refractivity contribution is -0.138. The molecule has 0 unspecified atom stereocenters. The molecule has 2 aromatic carbocycles. The van der Waals surface area contributed by atoms with E-state index in [1.54, 1.807) is 26.2 Å². The minimum Gasteiger partial charge on any atom is -0.497 e. The van der Waals surface area contributed by atoms with Crippen LogP contribution in [0, 0.1) is 0 Å². The van der Waals surface area contributed by atoms with Crippen LogP contribution in [0.2, 0.25) is 0 Å². The van der Waals surface area contributed by atoms with E-state index in [-0.39, 0.29) is 18.2 Å². The van der Waals surface area contributed by atoms with Crippen LogP contribution in [0.4, 0.5) is 0 Å². The second-order valence-electron chi connectivity index (χ2n) is 7.44. The van der Waals surface area contributed by atoms with E-state index in [2.05, 4.69) is 5.32 Å². The van der Waals surface area contributed by atoms with Crippen molar-refractivity contribution in [2.75, 3.05) is 34.4 Å². The fourth-order valence-corrected chi connectivity index (χ4v) is 3.63. The van der Waals surface area contributed by atoms with Crippen LogP contribution in [0.1, 0.15) is 17.5 Å². The van der Waals surface area contributed by atoms with Crippen LogP contribution < -0.4 is 14.8 Å². The van der Waals surface area contributed by atoms with Crippen molar-refractivity contribution in [3.63, 3.8) is 0 Å². The lowest BCUT2D eigenvalue weighted by Gasteiger charge is -2.35. The van der Waals surface area contributed by atoms with Gasteiger partial charge < -0.3 is 19.7 Å². The molecule has 1 atom stereocenters. The fourth-order valence-electron chi connectivity index (χ4n) is 3.63. The zero-order valence-corrected chi connectivity index (χ0v) is 17.8. The molecule has 0 radical (unpaired) electrons. The van der Waals surface area contributed by atoms with Gasteiger partial charge in [0.25, 0.3) is 0 Å². The van der Waals surface area contributed by atoms with Gasteiger partial charge in [0, 0.05) is 39.3 Å². The Bertz CT molecular complexity index is 850. The molecule has 0 aliphatic carbocycles. The highest BCUT2D eigenvalue weighted by atomic mass is 16.5. The monoisotopic (exact) mass is 411 g/mol. The maximum Gasteiger partial charge on any atom is 0.237 e. The highest BCUT2D eigenvalue weighted by molar-refractivity contribution is 5.88. The first-order chi connectivity index (χ1) is 14.5. The molecule has 1 heterocycles. The first-order valence-electron chi connectivity index (χ1n) is 10.0. The Balaban J connectivity index is 1.70. The van der Waals surface area contributed by atoms with Gasteiger partial charge in [0.05, 0.1) is 26.7 Å². The smallest absolute Gasteiger partial charge is 0.237 e. The van der Waals surface area contributed by atoms with E-state index in [1.807, 2.05) is 53.4 Å². The molecule has 1 saturated heterocycles. The van der Waals surface area contributed by atoms with Gasteiger partial charge >= 0.3 is 0 Å². The van der Waals surface area contributed by atoms with Crippen LogP contribution in [0.3, 0.4) is 0 Å². The standard InChI is InChI=1S/C23H29N3O4/c1-25(15-17-7-5-4-6-8-17)22(27)14-21-23(28)24-9-10-26(21)16-18-11-19(29-2)13-20(12-18)30-3/h4-8,11-13,21H,9-10,14-16H2,1-3H3,(H,24,28)/t21-/m1/s1. The largest absolute Gasteiger partial charge is 0.497 e. The van der Waals surface area contributed by atoms with Crippen LogP contribution >= 0.6 is 0 Å². The zero-order valence-electron chi connectivity index (χ0n) is 17.8. The summed E-state index contributed by atoms with van der Waals surface area (Å²) in [7, 11) is 4.99. The second kappa shape index (κ2) is 10.1. The summed E-state index contributed by atoms with van der Waals surface area (Å²) in [6.07, 6.45) is 0.135. The molecule has 2 amide bonds. The number of methoxy groups -OCH3 is 2. The third-order valence-electron chi connectivity index (χ3n) is 5.29. The first-order valence-corrected chi connectivity index (χ1v) is 10.0. The summed E-state index contributed by atoms with van der Waals surface area (Å²) in [5.41, 5.74) is 2.03. The van der Waals surface area contributed by atoms with Crippen molar-refractivity contribution in [3.05, 3.63) is 59.7 Å². The first kappa shape index (κ1) is 21.6. The third kappa shape index (κ3) is 5.51. The Morgan fingerprint density at radius 1 is 1.10 bits per heavy atom. The number of nitrogens with zero attached hydrogens (tertiary/aromatic N) is 2. The number of ether oxygens (including phenoxy) is 2. The molecule has 30 heavy (non-hydrogen) atoms. The fraction of sp³-hybridized carbons (Fsp3) is 0.391. The molecule has 1 aliphatic rings. The Hall–Kier alpha value is -3.06. The summed E-state index contributed by atoms with van der Waals surface area (Å²) in [4.78, 5) is 29.1. The molecular formula is C23H29N3O4. The maximum atomic E-state index is 12.8. The molecule has 1 N–H and O–H groups in total. The summed E-state index contributed by atoms with van der Waals surface area (Å²) in [5.74, 6) is 1.22. The lowest BCUT2D eigenvalue weighted by atomic mass is 10.1. The van der Waals surface area contributed by atoms with Crippen LogP contribution in [-0.4, -0.2) is 62.0 Å². The van der Waals surface area contributed by atoms with Crippen molar-refractivity contribution in [2.24, 2.45) is 0 Å². The van der Waals surface area contributed by atoms with Gasteiger partial charge in [-0.1, -0.05) is 30.3 Å². The normalized spacial score (nSPS) is 16.6. The number of amides is 2. The highest BCUT2D eigenvalue weighted by Gasteiger charge is 2.32. The predicted molar refractivity (Wildman–Crippen MR) is 114 cm³/mol. The van der Waals surface area contributed by atoms with E-state index < -0.39 is 6.04 Å². The van der Waals surface area contributed by atoms with E-state index in [0.29, 0.717) is 37.7 Å². The molecule has 0 bridgehead atoms. The van der Waals surface area contributed by atoms with Crippen LogP contribution in [0.5, 0.6) is 11.5 Å². The molecule has 1 fully saturated rings. The summed E-state index contributed by atoms with van der Waals surface area (Å²) < 4.78 is 10.7. The topological polar surface area (TPSA) is 71.1 Å². The van der Waals surface area contributed by atoms with Crippen molar-refractivity contribution in [3.8, 4) is 11.5 Å². The number of benzene rings is 2. The van der Waals surface area contributed by atoms with E-state index >= 15 is 0 Å². The molecule has 160 valence electrons. The SMILES string of the molecule is COc1cc(CN2CCNC(=O)[C@H]2CC(=O)N(C)Cc2ccccc2)cc(OC)c1. The van der Waals surface area contributed by atoms with Gasteiger partial charge in [0.15, 0.2) is 0 Å². The van der Waals surface area contributed by atoms with Crippen LogP contribution in [0.25, 0.3) is 0 Å². The molecule has 7 nitrogen and oxygen atoms in total. The molecule has 7 heteroatoms. The average molecular weight is 412 g/mol. The molecule has 3 rings (SSSR count). The van der Waals surface area contributed by atoms with Gasteiger partial charge in [-0.15, -0.1) is 0 Å². The Morgan fingerprint density at radius 3 is 2.40 bits per heavy atom. The number of nitrogens with one attached hydrogen (secondary N) is 1. The highest BCUT2D eigenvalue weighted by Crippen LogP contribution is 2.25. The molecular weight excluding hydrogens is 382 g/mol. The Morgan fingerprint density at radius 2 is 1.77 bits per heavy atom. The number of carbonyl (C=O) groups excluding carboxylic acids is 2. The van der Waals surface area contributed by atoms with Crippen molar-refractivity contribution < 1.29 is 19.1 Å². The minimum absolute atomic E-state index is 0.0610. The van der Waals surface area contributed by atoms with E-state index in [1.165, 1.54) is 0 Å². The van der Waals surface area contributed by atoms with Crippen molar-refractivity contribution in [1.29, 1.82) is 0 Å². The Labute approximate surface area is 177 Å². The summed E-state index contributed by atoms with van der Waals surface area (Å²) in [6, 6.07) is 15.0. The summed E-state index contributed by atoms with van der Waals surface area (Å²) in [6.45, 7) is 2.28. The van der Waals surface area contributed by atoms with Crippen molar-refractivity contribution in [2.45, 2.75) is 25.6 Å². The second-order valence-corrected chi connectivity index (χ2v) is 7.44. The predicted octanol–water partition coefficient (Wildman–Crippen LogP) is 2.05. The molecule has 0 aromatic heterocycles. The lowest BCUT2D eigenvalue weighted by Crippen LogP contribution is -2.56. The van der Waals surface area contributed by atoms with Gasteiger partial charge in [-0.3, -0.25) is 14.5 Å². The Kier molecular flexibility index (Phi) is 7.30. The van der Waals surface area contributed by atoms with E-state index in [0.717, 1.165) is 11.1 Å². The van der Waals surface area contributed by atoms with Crippen molar-refractivity contribution in [1.82, 2.24) is 15.1 Å². The molecule has 2 aromatic rings. The number of hydrogen-bond donors (Lipinski definition) is 1. The van der Waals surface area contributed by atoms with Crippen LogP contribution in [0.15, 0.2) is 48.5 Å². The van der Waals surface area contributed by atoms with Gasteiger partial charge in [-0.2, -0.15) is 0 Å². The quantitative estimate of drug-likeness (QED) is 0.720. The zero-order chi connectivity index (χ0) is 21.5. The van der Waals surface area contributed by atoms with E-state index in [9.17, 15) is 9.59 Å². The number of rotatable bonds is 8. The average Bonchev–Trinajstić information content (AvgIpc) is 2.76. The number of hydrogen-bond acceptors (Lipinski definition) is 5. The molecule has 0 spiro atoms. The molecule has 0 saturated carbocycles. The van der Waals surface area contributed by atoms with Gasteiger partial charge in [0.2, 0.25) is 11.8 Å². The van der Waals surface area contributed by atoms with Gasteiger partial charge in [-0.25, -0.2) is 0 Å². The number of carbonyl (C=O) groups is 2. The van der Waals surface area contributed by atoms with Gasteiger partial charge in [-0.05, 0) is 23.3 Å². The number of piperazine rings is 1. The summed E-state index contributed by atoms with van der Waals surface area (Å²) in [5, 5.41) is 2.89. The summed E-state index contributed by atoms with van der Waals surface area (Å²) >= 11 is 0. The molecule has 1 aliphatic heterocycles. The van der Waals surface area contributed by atoms with Gasteiger partial charge in [0.1, 0.15) is 11.5 Å². The van der Waals surface area contributed by atoms with Crippen molar-refractivity contribution >= 4 is 11.8 Å².